The number of benzene rings is 2. The first-order valence-corrected chi connectivity index (χ1v) is 12.0. The van der Waals surface area contributed by atoms with E-state index in [2.05, 4.69) is 4.99 Å². The summed E-state index contributed by atoms with van der Waals surface area (Å²) in [5, 5.41) is 9.18. The molecule has 0 saturated heterocycles. The highest BCUT2D eigenvalue weighted by Gasteiger charge is 2.21. The Kier molecular flexibility index (Phi) is 8.77. The van der Waals surface area contributed by atoms with Gasteiger partial charge in [0.1, 0.15) is 11.6 Å². The van der Waals surface area contributed by atoms with Crippen LogP contribution in [0.2, 0.25) is 0 Å². The monoisotopic (exact) mass is 461 g/mol. The Labute approximate surface area is 202 Å². The van der Waals surface area contributed by atoms with Gasteiger partial charge < -0.3 is 15.7 Å². The van der Waals surface area contributed by atoms with Gasteiger partial charge in [-0.1, -0.05) is 57.2 Å². The molecular formula is C28H35N3O3. The zero-order chi connectivity index (χ0) is 24.7. The Morgan fingerprint density at radius 3 is 2.44 bits per heavy atom. The smallest absolute Gasteiger partial charge is 0.250 e. The van der Waals surface area contributed by atoms with Crippen molar-refractivity contribution >= 4 is 29.3 Å². The fraction of sp³-hybridized carbons (Fsp3) is 0.393. The summed E-state index contributed by atoms with van der Waals surface area (Å²) < 4.78 is 0. The second-order valence-corrected chi connectivity index (χ2v) is 9.09. The van der Waals surface area contributed by atoms with E-state index < -0.39 is 0 Å². The largest absolute Gasteiger partial charge is 0.396 e. The van der Waals surface area contributed by atoms with Gasteiger partial charge in [0, 0.05) is 49.6 Å². The molecule has 34 heavy (non-hydrogen) atoms. The Morgan fingerprint density at radius 2 is 1.79 bits per heavy atom. The molecule has 2 aromatic rings. The van der Waals surface area contributed by atoms with E-state index in [1.807, 2.05) is 69.3 Å². The molecule has 0 bridgehead atoms. The van der Waals surface area contributed by atoms with E-state index in [9.17, 15) is 14.7 Å². The summed E-state index contributed by atoms with van der Waals surface area (Å²) in [7, 11) is 0. The number of fused-ring (bicyclic) bond motifs is 1. The SMILES string of the molecule is CCCN(CCCO)C(=O)C1=Cc2ccc(-c3ccc(CC(=O)C(C)C)cc3)cc2N=C(N)C1. The lowest BCUT2D eigenvalue weighted by Crippen LogP contribution is -2.35. The van der Waals surface area contributed by atoms with Gasteiger partial charge in [0.2, 0.25) is 5.91 Å². The van der Waals surface area contributed by atoms with Crippen LogP contribution in [0, 0.1) is 5.92 Å². The number of nitrogens with zero attached hydrogens (tertiary/aromatic N) is 2. The summed E-state index contributed by atoms with van der Waals surface area (Å²) in [4.78, 5) is 31.6. The van der Waals surface area contributed by atoms with Gasteiger partial charge in [0.05, 0.1) is 5.69 Å². The number of nitrogens with two attached hydrogens (primary N) is 1. The molecule has 6 nitrogen and oxygen atoms in total. The van der Waals surface area contributed by atoms with E-state index in [1.165, 1.54) is 0 Å². The number of rotatable bonds is 10. The first-order valence-electron chi connectivity index (χ1n) is 12.0. The number of hydrogen-bond acceptors (Lipinski definition) is 5. The second-order valence-electron chi connectivity index (χ2n) is 9.09. The maximum absolute atomic E-state index is 13.2. The maximum atomic E-state index is 13.2. The Morgan fingerprint density at radius 1 is 1.09 bits per heavy atom. The van der Waals surface area contributed by atoms with E-state index in [-0.39, 0.29) is 24.2 Å². The zero-order valence-corrected chi connectivity index (χ0v) is 20.4. The highest BCUT2D eigenvalue weighted by atomic mass is 16.3. The number of carbonyl (C=O) groups excluding carboxylic acids is 2. The third-order valence-corrected chi connectivity index (χ3v) is 5.95. The molecule has 6 heteroatoms. The number of aliphatic hydroxyl groups excluding tert-OH is 1. The number of ketones is 1. The molecule has 0 fully saturated rings. The van der Waals surface area contributed by atoms with Crippen molar-refractivity contribution in [3.63, 3.8) is 0 Å². The first-order chi connectivity index (χ1) is 16.3. The first kappa shape index (κ1) is 25.4. The average molecular weight is 462 g/mol. The molecule has 2 aromatic carbocycles. The topological polar surface area (TPSA) is 96.0 Å². The average Bonchev–Trinajstić information content (AvgIpc) is 2.99. The van der Waals surface area contributed by atoms with Crippen molar-refractivity contribution in [3.05, 3.63) is 59.2 Å². The standard InChI is InChI=1S/C28H35N3O3/c1-4-12-31(13-5-14-32)28(34)24-16-23-11-10-22(17-25(23)30-27(29)18-24)21-8-6-20(7-9-21)15-26(33)19(2)3/h6-11,16-17,19,32H,4-5,12-15,18H2,1-3H3,(H2,29,30). The molecule has 3 N–H and O–H groups in total. The zero-order valence-electron chi connectivity index (χ0n) is 20.4. The second kappa shape index (κ2) is 11.7. The van der Waals surface area contributed by atoms with Crippen LogP contribution in [0.5, 0.6) is 0 Å². The fourth-order valence-corrected chi connectivity index (χ4v) is 3.98. The van der Waals surface area contributed by atoms with Crippen LogP contribution in [0.25, 0.3) is 17.2 Å². The normalized spacial score (nSPS) is 13.1. The van der Waals surface area contributed by atoms with Crippen LogP contribution in [0.1, 0.15) is 51.2 Å². The van der Waals surface area contributed by atoms with Crippen molar-refractivity contribution in [2.75, 3.05) is 19.7 Å². The van der Waals surface area contributed by atoms with Crippen molar-refractivity contribution in [2.45, 2.75) is 46.5 Å². The number of amides is 1. The van der Waals surface area contributed by atoms with Crippen molar-refractivity contribution in [1.29, 1.82) is 0 Å². The molecule has 0 radical (unpaired) electrons. The third-order valence-electron chi connectivity index (χ3n) is 5.95. The van der Waals surface area contributed by atoms with Crippen molar-refractivity contribution in [3.8, 4) is 11.1 Å². The van der Waals surface area contributed by atoms with Crippen LogP contribution in [0.3, 0.4) is 0 Å². The van der Waals surface area contributed by atoms with Gasteiger partial charge in [0.25, 0.3) is 0 Å². The molecule has 0 saturated carbocycles. The van der Waals surface area contributed by atoms with E-state index in [0.717, 1.165) is 34.4 Å². The van der Waals surface area contributed by atoms with Crippen LogP contribution in [0.4, 0.5) is 5.69 Å². The molecule has 1 aliphatic heterocycles. The number of Topliss-reactive ketones (excluding diaryl/α,β-unsaturated/α-hetero) is 1. The van der Waals surface area contributed by atoms with Crippen molar-refractivity contribution in [1.82, 2.24) is 4.90 Å². The number of aliphatic imine (C=N–C) groups is 1. The maximum Gasteiger partial charge on any atom is 0.250 e. The number of aliphatic hydroxyl groups is 1. The van der Waals surface area contributed by atoms with E-state index in [0.29, 0.717) is 43.8 Å². The minimum Gasteiger partial charge on any atom is -0.396 e. The van der Waals surface area contributed by atoms with Crippen LogP contribution in [-0.2, 0) is 16.0 Å². The summed E-state index contributed by atoms with van der Waals surface area (Å²) in [6.07, 6.45) is 4.01. The van der Waals surface area contributed by atoms with Crippen LogP contribution >= 0.6 is 0 Å². The molecule has 3 rings (SSSR count). The van der Waals surface area contributed by atoms with Gasteiger partial charge in [-0.3, -0.25) is 9.59 Å². The lowest BCUT2D eigenvalue weighted by atomic mass is 9.97. The number of amidine groups is 1. The highest BCUT2D eigenvalue weighted by Crippen LogP contribution is 2.32. The van der Waals surface area contributed by atoms with Gasteiger partial charge in [0.15, 0.2) is 0 Å². The minimum absolute atomic E-state index is 0.0288. The predicted octanol–water partition coefficient (Wildman–Crippen LogP) is 4.52. The molecule has 0 aliphatic carbocycles. The molecule has 1 heterocycles. The van der Waals surface area contributed by atoms with Crippen LogP contribution in [-0.4, -0.2) is 47.2 Å². The van der Waals surface area contributed by atoms with Gasteiger partial charge in [-0.05, 0) is 41.7 Å². The molecule has 0 aromatic heterocycles. The Balaban J connectivity index is 1.86. The third kappa shape index (κ3) is 6.41. The summed E-state index contributed by atoms with van der Waals surface area (Å²) in [6.45, 7) is 7.07. The van der Waals surface area contributed by atoms with Crippen molar-refractivity contribution < 1.29 is 14.7 Å². The summed E-state index contributed by atoms with van der Waals surface area (Å²) in [5.41, 5.74) is 11.4. The van der Waals surface area contributed by atoms with Crippen LogP contribution in [0.15, 0.2) is 53.0 Å². The summed E-state index contributed by atoms with van der Waals surface area (Å²) in [5.74, 6) is 0.600. The number of carbonyl (C=O) groups is 2. The van der Waals surface area contributed by atoms with Crippen molar-refractivity contribution in [2.24, 2.45) is 16.6 Å². The van der Waals surface area contributed by atoms with E-state index >= 15 is 0 Å². The Bertz CT molecular complexity index is 1080. The lowest BCUT2D eigenvalue weighted by Gasteiger charge is -2.23. The molecule has 0 spiro atoms. The van der Waals surface area contributed by atoms with Gasteiger partial charge in [-0.2, -0.15) is 0 Å². The van der Waals surface area contributed by atoms with Gasteiger partial charge in [-0.25, -0.2) is 4.99 Å². The molecular weight excluding hydrogens is 426 g/mol. The lowest BCUT2D eigenvalue weighted by molar-refractivity contribution is -0.127. The fourth-order valence-electron chi connectivity index (χ4n) is 3.98. The molecule has 0 unspecified atom stereocenters. The summed E-state index contributed by atoms with van der Waals surface area (Å²) >= 11 is 0. The Hall–Kier alpha value is -3.25. The summed E-state index contributed by atoms with van der Waals surface area (Å²) in [6, 6.07) is 14.0. The highest BCUT2D eigenvalue weighted by molar-refractivity contribution is 6.05. The minimum atomic E-state index is -0.0584. The molecule has 1 aliphatic rings. The molecule has 180 valence electrons. The van der Waals surface area contributed by atoms with Gasteiger partial charge >= 0.3 is 0 Å². The molecule has 1 amide bonds. The van der Waals surface area contributed by atoms with Gasteiger partial charge in [-0.15, -0.1) is 0 Å². The van der Waals surface area contributed by atoms with E-state index in [1.54, 1.807) is 4.90 Å². The van der Waals surface area contributed by atoms with E-state index in [4.69, 9.17) is 5.73 Å². The molecule has 0 atom stereocenters. The predicted molar refractivity (Wildman–Crippen MR) is 138 cm³/mol. The van der Waals surface area contributed by atoms with Crippen LogP contribution < -0.4 is 5.73 Å². The number of hydrogen-bond donors (Lipinski definition) is 2. The quantitative estimate of drug-likeness (QED) is 0.544.